The van der Waals surface area contributed by atoms with Gasteiger partial charge in [-0.1, -0.05) is 0 Å². The van der Waals surface area contributed by atoms with Crippen LogP contribution < -0.4 is 5.73 Å². The Morgan fingerprint density at radius 1 is 1.43 bits per heavy atom. The van der Waals surface area contributed by atoms with Crippen LogP contribution in [0.1, 0.15) is 35.4 Å². The molecule has 1 aliphatic heterocycles. The summed E-state index contributed by atoms with van der Waals surface area (Å²) >= 11 is 0. The maximum absolute atomic E-state index is 12.8. The van der Waals surface area contributed by atoms with Crippen LogP contribution in [0.25, 0.3) is 0 Å². The Kier molecular flexibility index (Phi) is 4.52. The number of likely N-dealkylation sites (tertiary alicyclic amines) is 1. The highest BCUT2D eigenvalue weighted by molar-refractivity contribution is 5.94. The molecule has 1 aliphatic rings. The van der Waals surface area contributed by atoms with E-state index < -0.39 is 11.4 Å². The molecule has 1 saturated heterocycles. The second kappa shape index (κ2) is 6.17. The quantitative estimate of drug-likeness (QED) is 0.840. The van der Waals surface area contributed by atoms with E-state index in [1.54, 1.807) is 25.1 Å². The summed E-state index contributed by atoms with van der Waals surface area (Å²) in [6.45, 7) is 2.58. The van der Waals surface area contributed by atoms with Crippen molar-refractivity contribution in [2.75, 3.05) is 20.3 Å². The van der Waals surface area contributed by atoms with Crippen molar-refractivity contribution in [3.05, 3.63) is 23.8 Å². The van der Waals surface area contributed by atoms with Gasteiger partial charge in [0.2, 0.25) is 5.91 Å². The lowest BCUT2D eigenvalue weighted by Gasteiger charge is -2.37. The second-order valence-electron chi connectivity index (χ2n) is 5.35. The normalized spacial score (nSPS) is 21.5. The zero-order valence-corrected chi connectivity index (χ0v) is 12.3. The first-order valence-corrected chi connectivity index (χ1v) is 6.87. The molecule has 7 nitrogen and oxygen atoms in total. The number of methoxy groups -OCH3 is 1. The Balaban J connectivity index is 2.33. The average molecular weight is 292 g/mol. The highest BCUT2D eigenvalue weighted by Crippen LogP contribution is 2.34. The van der Waals surface area contributed by atoms with Gasteiger partial charge < -0.3 is 15.4 Å². The number of aryl methyl sites for hydroxylation is 1. The molecule has 0 aliphatic carbocycles. The van der Waals surface area contributed by atoms with Crippen molar-refractivity contribution in [3.8, 4) is 0 Å². The van der Waals surface area contributed by atoms with Crippen LogP contribution in [0.4, 0.5) is 0 Å². The van der Waals surface area contributed by atoms with Gasteiger partial charge in [0.15, 0.2) is 0 Å². The molecular formula is C14H20N4O3. The highest BCUT2D eigenvalue weighted by atomic mass is 16.5. The lowest BCUT2D eigenvalue weighted by molar-refractivity contribution is -0.121. The molecule has 0 saturated carbocycles. The monoisotopic (exact) mass is 292 g/mol. The zero-order chi connectivity index (χ0) is 15.5. The molecule has 1 aromatic heterocycles. The van der Waals surface area contributed by atoms with Gasteiger partial charge in [0.05, 0.1) is 24.3 Å². The molecule has 2 heterocycles. The summed E-state index contributed by atoms with van der Waals surface area (Å²) in [5.41, 5.74) is 5.56. The molecule has 7 heteroatoms. The number of nitrogens with zero attached hydrogens (tertiary/aromatic N) is 3. The van der Waals surface area contributed by atoms with Crippen molar-refractivity contribution >= 4 is 11.8 Å². The lowest BCUT2D eigenvalue weighted by atomic mass is 9.92. The van der Waals surface area contributed by atoms with Gasteiger partial charge in [-0.05, 0) is 19.8 Å². The zero-order valence-electron chi connectivity index (χ0n) is 12.3. The summed E-state index contributed by atoms with van der Waals surface area (Å²) in [7, 11) is 1.55. The number of nitrogens with two attached hydrogens (primary N) is 1. The Labute approximate surface area is 123 Å². The number of amides is 2. The molecule has 2 amide bonds. The topological polar surface area (TPSA) is 98.4 Å². The van der Waals surface area contributed by atoms with Crippen molar-refractivity contribution < 1.29 is 14.3 Å². The predicted molar refractivity (Wildman–Crippen MR) is 75.5 cm³/mol. The van der Waals surface area contributed by atoms with E-state index in [0.717, 1.165) is 6.42 Å². The van der Waals surface area contributed by atoms with Crippen molar-refractivity contribution in [1.29, 1.82) is 0 Å². The van der Waals surface area contributed by atoms with Gasteiger partial charge in [0.25, 0.3) is 5.91 Å². The van der Waals surface area contributed by atoms with Gasteiger partial charge in [0.1, 0.15) is 5.69 Å². The van der Waals surface area contributed by atoms with E-state index in [1.807, 2.05) is 0 Å². The Hall–Kier alpha value is -2.02. The summed E-state index contributed by atoms with van der Waals surface area (Å²) in [5, 5.41) is 0. The van der Waals surface area contributed by atoms with E-state index in [0.29, 0.717) is 24.4 Å². The molecule has 114 valence electrons. The first-order chi connectivity index (χ1) is 10.00. The molecule has 1 aromatic rings. The van der Waals surface area contributed by atoms with Crippen LogP contribution in [0.15, 0.2) is 12.4 Å². The van der Waals surface area contributed by atoms with E-state index in [2.05, 4.69) is 9.97 Å². The summed E-state index contributed by atoms with van der Waals surface area (Å²) in [6, 6.07) is 0. The predicted octanol–water partition coefficient (Wildman–Crippen LogP) is 0.282. The number of hydrogen-bond acceptors (Lipinski definition) is 5. The first-order valence-electron chi connectivity index (χ1n) is 6.87. The third-order valence-corrected chi connectivity index (χ3v) is 3.84. The number of aromatic nitrogens is 2. The van der Waals surface area contributed by atoms with Crippen molar-refractivity contribution in [1.82, 2.24) is 14.9 Å². The van der Waals surface area contributed by atoms with Crippen LogP contribution in [-0.2, 0) is 9.53 Å². The van der Waals surface area contributed by atoms with Crippen molar-refractivity contribution in [2.45, 2.75) is 31.7 Å². The molecule has 0 aromatic carbocycles. The Morgan fingerprint density at radius 3 is 2.76 bits per heavy atom. The molecule has 2 N–H and O–H groups in total. The maximum Gasteiger partial charge on any atom is 0.274 e. The number of ether oxygens (including phenoxy) is 1. The van der Waals surface area contributed by atoms with Crippen LogP contribution in [0.2, 0.25) is 0 Å². The second-order valence-corrected chi connectivity index (χ2v) is 5.35. The van der Waals surface area contributed by atoms with E-state index in [9.17, 15) is 9.59 Å². The van der Waals surface area contributed by atoms with Gasteiger partial charge in [-0.25, -0.2) is 4.98 Å². The minimum absolute atomic E-state index is 0.0892. The number of rotatable bonds is 5. The third kappa shape index (κ3) is 3.02. The lowest BCUT2D eigenvalue weighted by Crippen LogP contribution is -2.52. The standard InChI is InChI=1S/C14H20N4O3/c1-10-12(17-6-5-16-10)13(20)18-7-3-4-14(18,9-21-2)8-11(15)19/h5-6H,3-4,7-9H2,1-2H3,(H2,15,19)/t14-/m1/s1. The Bertz CT molecular complexity index is 549. The number of primary amides is 1. The van der Waals surface area contributed by atoms with E-state index in [-0.39, 0.29) is 18.9 Å². The van der Waals surface area contributed by atoms with Gasteiger partial charge in [-0.2, -0.15) is 0 Å². The molecular weight excluding hydrogens is 272 g/mol. The molecule has 0 bridgehead atoms. The molecule has 21 heavy (non-hydrogen) atoms. The SMILES string of the molecule is COC[C@]1(CC(N)=O)CCCN1C(=O)c1nccnc1C. The summed E-state index contributed by atoms with van der Waals surface area (Å²) < 4.78 is 5.24. The third-order valence-electron chi connectivity index (χ3n) is 3.84. The fraction of sp³-hybridized carbons (Fsp3) is 0.571. The smallest absolute Gasteiger partial charge is 0.274 e. The number of carbonyl (C=O) groups excluding carboxylic acids is 2. The van der Waals surface area contributed by atoms with Crippen molar-refractivity contribution in [3.63, 3.8) is 0 Å². The first kappa shape index (κ1) is 15.4. The summed E-state index contributed by atoms with van der Waals surface area (Å²) in [6.07, 6.45) is 4.62. The molecule has 0 radical (unpaired) electrons. The Morgan fingerprint density at radius 2 is 2.14 bits per heavy atom. The maximum atomic E-state index is 12.8. The van der Waals surface area contributed by atoms with Gasteiger partial charge in [-0.3, -0.25) is 14.6 Å². The highest BCUT2D eigenvalue weighted by Gasteiger charge is 2.45. The summed E-state index contributed by atoms with van der Waals surface area (Å²) in [4.78, 5) is 34.0. The summed E-state index contributed by atoms with van der Waals surface area (Å²) in [5.74, 6) is -0.668. The molecule has 1 fully saturated rings. The van der Waals surface area contributed by atoms with E-state index in [1.165, 1.54) is 6.20 Å². The molecule has 0 unspecified atom stereocenters. The largest absolute Gasteiger partial charge is 0.382 e. The van der Waals surface area contributed by atoms with Gasteiger partial charge in [-0.15, -0.1) is 0 Å². The van der Waals surface area contributed by atoms with Crippen LogP contribution in [-0.4, -0.2) is 52.5 Å². The minimum atomic E-state index is -0.679. The number of carbonyl (C=O) groups is 2. The van der Waals surface area contributed by atoms with E-state index >= 15 is 0 Å². The van der Waals surface area contributed by atoms with Crippen LogP contribution >= 0.6 is 0 Å². The molecule has 2 rings (SSSR count). The van der Waals surface area contributed by atoms with Crippen LogP contribution in [0.3, 0.4) is 0 Å². The average Bonchev–Trinajstić information content (AvgIpc) is 2.81. The van der Waals surface area contributed by atoms with Gasteiger partial charge in [0, 0.05) is 26.0 Å². The van der Waals surface area contributed by atoms with Gasteiger partial charge >= 0.3 is 0 Å². The van der Waals surface area contributed by atoms with Crippen molar-refractivity contribution in [2.24, 2.45) is 5.73 Å². The molecule has 0 spiro atoms. The number of hydrogen-bond donors (Lipinski definition) is 1. The van der Waals surface area contributed by atoms with Crippen LogP contribution in [0, 0.1) is 6.92 Å². The molecule has 1 atom stereocenters. The fourth-order valence-electron chi connectivity index (χ4n) is 2.98. The van der Waals surface area contributed by atoms with Crippen LogP contribution in [0.5, 0.6) is 0 Å². The van der Waals surface area contributed by atoms with E-state index in [4.69, 9.17) is 10.5 Å². The minimum Gasteiger partial charge on any atom is -0.382 e. The fourth-order valence-corrected chi connectivity index (χ4v) is 2.98.